The van der Waals surface area contributed by atoms with Crippen LogP contribution in [-0.2, 0) is 15.5 Å². The molecule has 0 aliphatic carbocycles. The van der Waals surface area contributed by atoms with E-state index in [2.05, 4.69) is 5.32 Å². The highest BCUT2D eigenvalue weighted by atomic mass is 32.2. The summed E-state index contributed by atoms with van der Waals surface area (Å²) in [6.07, 6.45) is 0.823. The molecule has 21 heavy (non-hydrogen) atoms. The normalized spacial score (nSPS) is 15.9. The van der Waals surface area contributed by atoms with E-state index in [-0.39, 0.29) is 12.8 Å². The van der Waals surface area contributed by atoms with Crippen LogP contribution in [0.5, 0.6) is 11.5 Å². The molecule has 5 nitrogen and oxygen atoms in total. The van der Waals surface area contributed by atoms with E-state index >= 15 is 0 Å². The molecule has 2 rings (SSSR count). The fraction of sp³-hybridized carbons (Fsp3) is 0.600. The fourth-order valence-corrected chi connectivity index (χ4v) is 3.57. The van der Waals surface area contributed by atoms with Crippen molar-refractivity contribution in [3.05, 3.63) is 23.8 Å². The molecule has 1 N–H and O–H groups in total. The molecule has 0 radical (unpaired) electrons. The molecule has 1 aromatic rings. The van der Waals surface area contributed by atoms with E-state index in [4.69, 9.17) is 14.2 Å². The molecule has 0 amide bonds. The van der Waals surface area contributed by atoms with Crippen molar-refractivity contribution < 1.29 is 18.4 Å². The van der Waals surface area contributed by atoms with Crippen LogP contribution < -0.4 is 14.8 Å². The molecule has 0 saturated heterocycles. The van der Waals surface area contributed by atoms with Gasteiger partial charge in [-0.3, -0.25) is 4.21 Å². The topological polar surface area (TPSA) is 56.8 Å². The van der Waals surface area contributed by atoms with Gasteiger partial charge in [-0.2, -0.15) is 0 Å². The molecule has 1 aliphatic heterocycles. The zero-order valence-corrected chi connectivity index (χ0v) is 13.4. The molecular formula is C15H23NO4S. The van der Waals surface area contributed by atoms with Gasteiger partial charge in [-0.1, -0.05) is 13.0 Å². The van der Waals surface area contributed by atoms with Crippen molar-refractivity contribution in [2.45, 2.75) is 19.4 Å². The lowest BCUT2D eigenvalue weighted by atomic mass is 10.1. The number of ether oxygens (including phenoxy) is 3. The quantitative estimate of drug-likeness (QED) is 0.705. The molecule has 0 fully saturated rings. The highest BCUT2D eigenvalue weighted by Gasteiger charge is 2.19. The highest BCUT2D eigenvalue weighted by Crippen LogP contribution is 2.34. The number of rotatable bonds is 9. The first-order valence-corrected chi connectivity index (χ1v) is 8.70. The van der Waals surface area contributed by atoms with E-state index in [9.17, 15) is 4.21 Å². The van der Waals surface area contributed by atoms with Crippen LogP contribution in [0.3, 0.4) is 0 Å². The van der Waals surface area contributed by atoms with Gasteiger partial charge in [0.15, 0.2) is 11.5 Å². The summed E-state index contributed by atoms with van der Waals surface area (Å²) in [7, 11) is 0.797. The van der Waals surface area contributed by atoms with Gasteiger partial charge in [0.05, 0.1) is 0 Å². The van der Waals surface area contributed by atoms with Gasteiger partial charge in [-0.15, -0.1) is 0 Å². The fourth-order valence-electron chi connectivity index (χ4n) is 2.28. The minimum atomic E-state index is -0.866. The van der Waals surface area contributed by atoms with Crippen LogP contribution in [0.1, 0.15) is 24.9 Å². The van der Waals surface area contributed by atoms with Gasteiger partial charge in [0.25, 0.3) is 0 Å². The monoisotopic (exact) mass is 313 g/mol. The van der Waals surface area contributed by atoms with Crippen LogP contribution in [0.25, 0.3) is 0 Å². The lowest BCUT2D eigenvalue weighted by Gasteiger charge is -2.18. The summed E-state index contributed by atoms with van der Waals surface area (Å²) in [4.78, 5) is 0. The lowest BCUT2D eigenvalue weighted by molar-refractivity contribution is 0.174. The third-order valence-corrected chi connectivity index (χ3v) is 4.77. The van der Waals surface area contributed by atoms with Gasteiger partial charge in [0, 0.05) is 42.1 Å². The Labute approximate surface area is 128 Å². The number of benzene rings is 1. The van der Waals surface area contributed by atoms with Crippen molar-refractivity contribution in [2.75, 3.05) is 38.6 Å². The number of fused-ring (bicyclic) bond motifs is 1. The largest absolute Gasteiger partial charge is 0.454 e. The Kier molecular flexibility index (Phi) is 6.48. The minimum absolute atomic E-state index is 0.0629. The van der Waals surface area contributed by atoms with Crippen molar-refractivity contribution in [3.63, 3.8) is 0 Å². The van der Waals surface area contributed by atoms with Crippen LogP contribution in [0, 0.1) is 0 Å². The number of nitrogens with one attached hydrogen (secondary N) is 1. The molecule has 0 spiro atoms. The predicted molar refractivity (Wildman–Crippen MR) is 83.4 cm³/mol. The molecule has 1 heterocycles. The molecule has 2 atom stereocenters. The Hall–Kier alpha value is -1.11. The first-order valence-electron chi connectivity index (χ1n) is 7.21. The minimum Gasteiger partial charge on any atom is -0.454 e. The van der Waals surface area contributed by atoms with E-state index in [0.29, 0.717) is 18.1 Å². The average molecular weight is 313 g/mol. The Morgan fingerprint density at radius 3 is 2.95 bits per heavy atom. The Bertz CT molecular complexity index is 481. The molecule has 1 aliphatic rings. The lowest BCUT2D eigenvalue weighted by Crippen LogP contribution is -2.27. The molecule has 0 aromatic heterocycles. The molecular weight excluding hydrogens is 290 g/mol. The van der Waals surface area contributed by atoms with E-state index in [0.717, 1.165) is 30.0 Å². The second-order valence-corrected chi connectivity index (χ2v) is 6.50. The van der Waals surface area contributed by atoms with Crippen molar-refractivity contribution in [3.8, 4) is 11.5 Å². The summed E-state index contributed by atoms with van der Waals surface area (Å²) >= 11 is 0. The molecule has 118 valence electrons. The molecule has 0 saturated carbocycles. The van der Waals surface area contributed by atoms with Crippen LogP contribution in [0.4, 0.5) is 0 Å². The number of methoxy groups -OCH3 is 1. The van der Waals surface area contributed by atoms with Crippen molar-refractivity contribution in [1.29, 1.82) is 0 Å². The number of hydrogen-bond acceptors (Lipinski definition) is 5. The van der Waals surface area contributed by atoms with Crippen LogP contribution in [0.15, 0.2) is 18.2 Å². The van der Waals surface area contributed by atoms with Gasteiger partial charge in [0.1, 0.15) is 0 Å². The van der Waals surface area contributed by atoms with Gasteiger partial charge in [-0.05, 0) is 30.7 Å². The summed E-state index contributed by atoms with van der Waals surface area (Å²) < 4.78 is 27.9. The maximum atomic E-state index is 12.2. The zero-order valence-electron chi connectivity index (χ0n) is 12.6. The first-order chi connectivity index (χ1) is 10.2. The summed E-state index contributed by atoms with van der Waals surface area (Å²) in [5.74, 6) is 2.80. The standard InChI is InChI=1S/C15H23NO4S/c1-3-16-13(10-21(17)8-4-7-18-2)12-5-6-14-15(9-12)20-11-19-14/h5-6,9,13,16H,3-4,7-8,10-11H2,1-2H3. The van der Waals surface area contributed by atoms with Crippen LogP contribution >= 0.6 is 0 Å². The average Bonchev–Trinajstić information content (AvgIpc) is 2.94. The second kappa shape index (κ2) is 8.36. The van der Waals surface area contributed by atoms with Crippen molar-refractivity contribution in [1.82, 2.24) is 5.32 Å². The van der Waals surface area contributed by atoms with Gasteiger partial charge < -0.3 is 19.5 Å². The van der Waals surface area contributed by atoms with Crippen LogP contribution in [0.2, 0.25) is 0 Å². The summed E-state index contributed by atoms with van der Waals surface area (Å²) in [6.45, 7) is 3.80. The van der Waals surface area contributed by atoms with Gasteiger partial charge in [0.2, 0.25) is 6.79 Å². The zero-order chi connectivity index (χ0) is 15.1. The Morgan fingerprint density at radius 1 is 1.38 bits per heavy atom. The molecule has 6 heteroatoms. The molecule has 0 bridgehead atoms. The third-order valence-electron chi connectivity index (χ3n) is 3.32. The summed E-state index contributed by atoms with van der Waals surface area (Å²) in [5.41, 5.74) is 1.08. The van der Waals surface area contributed by atoms with Crippen molar-refractivity contribution >= 4 is 10.8 Å². The summed E-state index contributed by atoms with van der Waals surface area (Å²) in [5, 5.41) is 3.39. The maximum absolute atomic E-state index is 12.2. The third kappa shape index (κ3) is 4.69. The Balaban J connectivity index is 1.99. The highest BCUT2D eigenvalue weighted by molar-refractivity contribution is 7.85. The van der Waals surface area contributed by atoms with Gasteiger partial charge >= 0.3 is 0 Å². The van der Waals surface area contributed by atoms with Crippen LogP contribution in [-0.4, -0.2) is 42.8 Å². The molecule has 2 unspecified atom stereocenters. The Morgan fingerprint density at radius 2 is 2.19 bits per heavy atom. The number of hydrogen-bond donors (Lipinski definition) is 1. The summed E-state index contributed by atoms with van der Waals surface area (Å²) in [6, 6.07) is 5.96. The van der Waals surface area contributed by atoms with Gasteiger partial charge in [-0.25, -0.2) is 0 Å². The van der Waals surface area contributed by atoms with E-state index in [1.165, 1.54) is 0 Å². The maximum Gasteiger partial charge on any atom is 0.231 e. The first kappa shape index (κ1) is 16.3. The SMILES string of the molecule is CCNC(CS(=O)CCCOC)c1ccc2c(c1)OCO2. The van der Waals surface area contributed by atoms with Crippen molar-refractivity contribution in [2.24, 2.45) is 0 Å². The van der Waals surface area contributed by atoms with E-state index in [1.807, 2.05) is 25.1 Å². The molecule has 1 aromatic carbocycles. The smallest absolute Gasteiger partial charge is 0.231 e. The second-order valence-electron chi connectivity index (χ2n) is 4.88. The predicted octanol–water partition coefficient (Wildman–Crippen LogP) is 1.85. The van der Waals surface area contributed by atoms with E-state index in [1.54, 1.807) is 7.11 Å². The van der Waals surface area contributed by atoms with E-state index < -0.39 is 10.8 Å².